The average molecular weight is 323 g/mol. The highest BCUT2D eigenvalue weighted by Gasteiger charge is 2.31. The summed E-state index contributed by atoms with van der Waals surface area (Å²) in [5, 5.41) is 5.72. The zero-order chi connectivity index (χ0) is 17.1. The Kier molecular flexibility index (Phi) is 4.51. The first-order valence-electron chi connectivity index (χ1n) is 8.02. The third kappa shape index (κ3) is 3.74. The highest BCUT2D eigenvalue weighted by molar-refractivity contribution is 5.97. The van der Waals surface area contributed by atoms with E-state index in [1.807, 2.05) is 56.3 Å². The van der Waals surface area contributed by atoms with Crippen LogP contribution in [0.1, 0.15) is 17.5 Å². The highest BCUT2D eigenvalue weighted by Crippen LogP contribution is 2.21. The minimum absolute atomic E-state index is 0.0258. The van der Waals surface area contributed by atoms with Gasteiger partial charge < -0.3 is 15.5 Å². The number of carbonyl (C=O) groups excluding carboxylic acids is 2. The number of rotatable bonds is 3. The van der Waals surface area contributed by atoms with Crippen LogP contribution in [0.5, 0.6) is 0 Å². The Hall–Kier alpha value is -2.82. The monoisotopic (exact) mass is 323 g/mol. The van der Waals surface area contributed by atoms with Crippen molar-refractivity contribution >= 4 is 23.3 Å². The van der Waals surface area contributed by atoms with Gasteiger partial charge in [-0.2, -0.15) is 0 Å². The van der Waals surface area contributed by atoms with Crippen molar-refractivity contribution in [2.45, 2.75) is 26.3 Å². The van der Waals surface area contributed by atoms with Crippen LogP contribution in [0.3, 0.4) is 0 Å². The first kappa shape index (κ1) is 16.1. The summed E-state index contributed by atoms with van der Waals surface area (Å²) in [6.45, 7) is 4.47. The number of hydrogen-bond acceptors (Lipinski definition) is 2. The quantitative estimate of drug-likeness (QED) is 0.911. The lowest BCUT2D eigenvalue weighted by Gasteiger charge is -2.17. The molecule has 2 aromatic carbocycles. The van der Waals surface area contributed by atoms with Gasteiger partial charge in [0.1, 0.15) is 0 Å². The van der Waals surface area contributed by atoms with Crippen molar-refractivity contribution in [2.75, 3.05) is 16.8 Å². The summed E-state index contributed by atoms with van der Waals surface area (Å²) in [5.41, 5.74) is 3.81. The van der Waals surface area contributed by atoms with Gasteiger partial charge in [0.05, 0.1) is 6.04 Å². The number of hydrogen-bond donors (Lipinski definition) is 2. The molecule has 0 spiro atoms. The van der Waals surface area contributed by atoms with Crippen LogP contribution in [0.2, 0.25) is 0 Å². The SMILES string of the molecule is Cc1cc(C)cc(NC(=O)N[C@@H]2CC(=O)N(c3ccccc3)C2)c1. The maximum absolute atomic E-state index is 12.2. The molecule has 0 radical (unpaired) electrons. The maximum Gasteiger partial charge on any atom is 0.319 e. The number of benzene rings is 2. The summed E-state index contributed by atoms with van der Waals surface area (Å²) >= 11 is 0. The van der Waals surface area contributed by atoms with E-state index in [2.05, 4.69) is 16.7 Å². The molecule has 0 aromatic heterocycles. The predicted molar refractivity (Wildman–Crippen MR) is 95.3 cm³/mol. The van der Waals surface area contributed by atoms with Crippen LogP contribution in [0.15, 0.2) is 48.5 Å². The third-order valence-electron chi connectivity index (χ3n) is 4.01. The molecule has 3 rings (SSSR count). The first-order chi connectivity index (χ1) is 11.5. The molecule has 1 atom stereocenters. The second-order valence-corrected chi connectivity index (χ2v) is 6.22. The summed E-state index contributed by atoms with van der Waals surface area (Å²) in [5.74, 6) is 0.0258. The van der Waals surface area contributed by atoms with E-state index in [1.54, 1.807) is 4.90 Å². The maximum atomic E-state index is 12.2. The standard InChI is InChI=1S/C19H21N3O2/c1-13-8-14(2)10-15(9-13)20-19(24)21-16-11-18(23)22(12-16)17-6-4-3-5-7-17/h3-10,16H,11-12H2,1-2H3,(H2,20,21,24)/t16-/m1/s1. The Labute approximate surface area is 141 Å². The summed E-state index contributed by atoms with van der Waals surface area (Å²) in [6.07, 6.45) is 0.315. The van der Waals surface area contributed by atoms with Crippen molar-refractivity contribution in [3.63, 3.8) is 0 Å². The number of nitrogens with zero attached hydrogens (tertiary/aromatic N) is 1. The van der Waals surface area contributed by atoms with E-state index >= 15 is 0 Å². The van der Waals surface area contributed by atoms with Gasteiger partial charge in [-0.3, -0.25) is 4.79 Å². The molecule has 0 unspecified atom stereocenters. The molecule has 1 heterocycles. The van der Waals surface area contributed by atoms with Gasteiger partial charge in [-0.05, 0) is 49.2 Å². The van der Waals surface area contributed by atoms with E-state index in [4.69, 9.17) is 0 Å². The molecule has 0 bridgehead atoms. The lowest BCUT2D eigenvalue weighted by atomic mass is 10.1. The number of para-hydroxylation sites is 1. The van der Waals surface area contributed by atoms with E-state index in [0.29, 0.717) is 13.0 Å². The molecular weight excluding hydrogens is 302 g/mol. The number of amides is 3. The average Bonchev–Trinajstić information content (AvgIpc) is 2.87. The number of urea groups is 1. The van der Waals surface area contributed by atoms with E-state index in [1.165, 1.54) is 0 Å². The van der Waals surface area contributed by atoms with Crippen LogP contribution in [-0.4, -0.2) is 24.5 Å². The molecule has 2 aromatic rings. The van der Waals surface area contributed by atoms with Gasteiger partial charge in [0.25, 0.3) is 0 Å². The van der Waals surface area contributed by atoms with Crippen molar-refractivity contribution in [3.8, 4) is 0 Å². The molecule has 1 saturated heterocycles. The summed E-state index contributed by atoms with van der Waals surface area (Å²) < 4.78 is 0. The Morgan fingerprint density at radius 2 is 1.75 bits per heavy atom. The molecule has 24 heavy (non-hydrogen) atoms. The van der Waals surface area contributed by atoms with Gasteiger partial charge in [0.15, 0.2) is 0 Å². The van der Waals surface area contributed by atoms with Gasteiger partial charge in [-0.25, -0.2) is 4.79 Å². The van der Waals surface area contributed by atoms with Crippen molar-refractivity contribution in [1.29, 1.82) is 0 Å². The van der Waals surface area contributed by atoms with E-state index < -0.39 is 0 Å². The van der Waals surface area contributed by atoms with Gasteiger partial charge in [-0.1, -0.05) is 24.3 Å². The number of nitrogens with one attached hydrogen (secondary N) is 2. The van der Waals surface area contributed by atoms with Crippen LogP contribution >= 0.6 is 0 Å². The smallest absolute Gasteiger partial charge is 0.319 e. The minimum atomic E-state index is -0.285. The zero-order valence-corrected chi connectivity index (χ0v) is 13.9. The van der Waals surface area contributed by atoms with Crippen LogP contribution in [0.25, 0.3) is 0 Å². The molecule has 1 aliphatic rings. The van der Waals surface area contributed by atoms with Crippen molar-refractivity contribution in [1.82, 2.24) is 5.32 Å². The zero-order valence-electron chi connectivity index (χ0n) is 13.9. The fraction of sp³-hybridized carbons (Fsp3) is 0.263. The molecular formula is C19H21N3O2. The van der Waals surface area contributed by atoms with Crippen LogP contribution in [0, 0.1) is 13.8 Å². The molecule has 0 aliphatic carbocycles. The lowest BCUT2D eigenvalue weighted by molar-refractivity contribution is -0.117. The fourth-order valence-corrected chi connectivity index (χ4v) is 3.06. The van der Waals surface area contributed by atoms with Gasteiger partial charge >= 0.3 is 6.03 Å². The normalized spacial score (nSPS) is 17.0. The van der Waals surface area contributed by atoms with Crippen LogP contribution in [0.4, 0.5) is 16.2 Å². The Morgan fingerprint density at radius 3 is 2.42 bits per heavy atom. The molecule has 2 N–H and O–H groups in total. The van der Waals surface area contributed by atoms with E-state index in [0.717, 1.165) is 22.5 Å². The summed E-state index contributed by atoms with van der Waals surface area (Å²) in [6, 6.07) is 14.9. The molecule has 3 amide bonds. The third-order valence-corrected chi connectivity index (χ3v) is 4.01. The number of carbonyl (C=O) groups is 2. The molecule has 5 heteroatoms. The van der Waals surface area contributed by atoms with E-state index in [-0.39, 0.29) is 18.0 Å². The van der Waals surface area contributed by atoms with Crippen molar-refractivity contribution < 1.29 is 9.59 Å². The molecule has 1 fully saturated rings. The predicted octanol–water partition coefficient (Wildman–Crippen LogP) is 3.23. The van der Waals surface area contributed by atoms with Crippen molar-refractivity contribution in [2.24, 2.45) is 0 Å². The van der Waals surface area contributed by atoms with Crippen LogP contribution < -0.4 is 15.5 Å². The number of aryl methyl sites for hydroxylation is 2. The second-order valence-electron chi connectivity index (χ2n) is 6.22. The van der Waals surface area contributed by atoms with Crippen molar-refractivity contribution in [3.05, 3.63) is 59.7 Å². The highest BCUT2D eigenvalue weighted by atomic mass is 16.2. The summed E-state index contributed by atoms with van der Waals surface area (Å²) in [7, 11) is 0. The lowest BCUT2D eigenvalue weighted by Crippen LogP contribution is -2.39. The first-order valence-corrected chi connectivity index (χ1v) is 8.02. The molecule has 1 aliphatic heterocycles. The minimum Gasteiger partial charge on any atom is -0.333 e. The molecule has 5 nitrogen and oxygen atoms in total. The van der Waals surface area contributed by atoms with Crippen LogP contribution in [-0.2, 0) is 4.79 Å². The largest absolute Gasteiger partial charge is 0.333 e. The Balaban J connectivity index is 1.60. The second kappa shape index (κ2) is 6.74. The summed E-state index contributed by atoms with van der Waals surface area (Å²) in [4.78, 5) is 26.1. The van der Waals surface area contributed by atoms with Gasteiger partial charge in [0, 0.05) is 24.3 Å². The van der Waals surface area contributed by atoms with Gasteiger partial charge in [0.2, 0.25) is 5.91 Å². The van der Waals surface area contributed by atoms with E-state index in [9.17, 15) is 9.59 Å². The topological polar surface area (TPSA) is 61.4 Å². The van der Waals surface area contributed by atoms with Gasteiger partial charge in [-0.15, -0.1) is 0 Å². The Bertz CT molecular complexity index is 738. The molecule has 124 valence electrons. The molecule has 0 saturated carbocycles. The fourth-order valence-electron chi connectivity index (χ4n) is 3.06. The Morgan fingerprint density at radius 1 is 1.08 bits per heavy atom. The number of anilines is 2.